The number of benzene rings is 1. The normalized spacial score (nSPS) is 24.6. The highest BCUT2D eigenvalue weighted by atomic mass is 16.5. The second-order valence-electron chi connectivity index (χ2n) is 5.81. The third-order valence-corrected chi connectivity index (χ3v) is 4.43. The van der Waals surface area contributed by atoms with Crippen LogP contribution in [0.1, 0.15) is 36.4 Å². The van der Waals surface area contributed by atoms with Gasteiger partial charge in [-0.1, -0.05) is 12.1 Å². The van der Waals surface area contributed by atoms with Crippen LogP contribution in [0.4, 0.5) is 4.79 Å². The van der Waals surface area contributed by atoms with E-state index in [0.717, 1.165) is 43.5 Å². The summed E-state index contributed by atoms with van der Waals surface area (Å²) < 4.78 is 5.38. The molecule has 0 saturated carbocycles. The van der Waals surface area contributed by atoms with Crippen molar-refractivity contribution in [3.63, 3.8) is 0 Å². The minimum atomic E-state index is -0.388. The Hall–Kier alpha value is -1.75. The van der Waals surface area contributed by atoms with Gasteiger partial charge in [-0.2, -0.15) is 0 Å². The van der Waals surface area contributed by atoms with Crippen molar-refractivity contribution in [1.82, 2.24) is 10.2 Å². The molecule has 3 rings (SSSR count). The van der Waals surface area contributed by atoms with E-state index in [0.29, 0.717) is 6.54 Å². The molecule has 0 radical (unpaired) electrons. The summed E-state index contributed by atoms with van der Waals surface area (Å²) in [6.45, 7) is 1.16. The van der Waals surface area contributed by atoms with Crippen LogP contribution < -0.4 is 10.1 Å². The molecular weight excluding hydrogens is 268 g/mol. The first-order valence-corrected chi connectivity index (χ1v) is 7.58. The van der Waals surface area contributed by atoms with Crippen molar-refractivity contribution in [2.45, 2.75) is 37.8 Å². The molecule has 1 fully saturated rings. The molecule has 0 aromatic heterocycles. The van der Waals surface area contributed by atoms with Crippen LogP contribution >= 0.6 is 0 Å². The number of likely N-dealkylation sites (tertiary alicyclic amines) is 1. The van der Waals surface area contributed by atoms with Gasteiger partial charge in [0.15, 0.2) is 0 Å². The fourth-order valence-electron chi connectivity index (χ4n) is 3.34. The van der Waals surface area contributed by atoms with E-state index < -0.39 is 0 Å². The lowest BCUT2D eigenvalue weighted by atomic mass is 10.1. The van der Waals surface area contributed by atoms with E-state index in [1.165, 1.54) is 5.56 Å². The molecule has 2 N–H and O–H groups in total. The van der Waals surface area contributed by atoms with E-state index in [1.807, 2.05) is 12.1 Å². The van der Waals surface area contributed by atoms with Gasteiger partial charge in [0.1, 0.15) is 5.75 Å². The predicted octanol–water partition coefficient (Wildman–Crippen LogP) is 1.85. The molecule has 5 heteroatoms. The number of rotatable bonds is 2. The van der Waals surface area contributed by atoms with E-state index in [1.54, 1.807) is 12.0 Å². The molecule has 0 bridgehead atoms. The monoisotopic (exact) mass is 290 g/mol. The van der Waals surface area contributed by atoms with Crippen LogP contribution in [0.5, 0.6) is 5.75 Å². The lowest BCUT2D eigenvalue weighted by Gasteiger charge is -2.31. The smallest absolute Gasteiger partial charge is 0.317 e. The minimum absolute atomic E-state index is 0.0432. The summed E-state index contributed by atoms with van der Waals surface area (Å²) in [6, 6.07) is 5.95. The topological polar surface area (TPSA) is 61.8 Å². The molecule has 2 aliphatic rings. The molecule has 1 aliphatic heterocycles. The van der Waals surface area contributed by atoms with E-state index in [4.69, 9.17) is 4.74 Å². The van der Waals surface area contributed by atoms with Gasteiger partial charge in [0, 0.05) is 13.1 Å². The van der Waals surface area contributed by atoms with Gasteiger partial charge in [0.2, 0.25) is 0 Å². The number of nitrogens with one attached hydrogen (secondary N) is 1. The molecule has 2 amide bonds. The number of ether oxygens (including phenoxy) is 1. The van der Waals surface area contributed by atoms with Crippen LogP contribution in [0.15, 0.2) is 18.2 Å². The maximum atomic E-state index is 12.3. The number of fused-ring (bicyclic) bond motifs is 1. The molecule has 0 spiro atoms. The lowest BCUT2D eigenvalue weighted by molar-refractivity contribution is 0.0833. The number of β-amino-alcohol motifs (C(OH)–C–C–N with tert-alkyl or cyclic N) is 1. The highest BCUT2D eigenvalue weighted by Crippen LogP contribution is 2.36. The molecule has 21 heavy (non-hydrogen) atoms. The van der Waals surface area contributed by atoms with Gasteiger partial charge >= 0.3 is 6.03 Å². The lowest BCUT2D eigenvalue weighted by Crippen LogP contribution is -2.47. The molecule has 1 heterocycles. The Morgan fingerprint density at radius 3 is 3.05 bits per heavy atom. The van der Waals surface area contributed by atoms with Crippen LogP contribution in [0, 0.1) is 0 Å². The first kappa shape index (κ1) is 14.2. The zero-order valence-corrected chi connectivity index (χ0v) is 12.3. The molecule has 114 valence electrons. The second kappa shape index (κ2) is 5.93. The summed E-state index contributed by atoms with van der Waals surface area (Å²) >= 11 is 0. The Balaban J connectivity index is 1.69. The number of methoxy groups -OCH3 is 1. The zero-order valence-electron chi connectivity index (χ0n) is 12.3. The highest BCUT2D eigenvalue weighted by molar-refractivity contribution is 5.75. The third kappa shape index (κ3) is 2.83. The van der Waals surface area contributed by atoms with Gasteiger partial charge in [0.05, 0.1) is 19.3 Å². The number of hydrogen-bond donors (Lipinski definition) is 2. The number of urea groups is 1. The largest absolute Gasteiger partial charge is 0.496 e. The summed E-state index contributed by atoms with van der Waals surface area (Å²) in [5.74, 6) is 0.901. The first-order chi connectivity index (χ1) is 10.2. The maximum Gasteiger partial charge on any atom is 0.317 e. The fourth-order valence-corrected chi connectivity index (χ4v) is 3.34. The third-order valence-electron chi connectivity index (χ3n) is 4.43. The van der Waals surface area contributed by atoms with Gasteiger partial charge in [0.25, 0.3) is 0 Å². The Kier molecular flexibility index (Phi) is 4.01. The molecular formula is C16H22N2O3. The fraction of sp³-hybridized carbons (Fsp3) is 0.562. The number of nitrogens with zero attached hydrogens (tertiary/aromatic N) is 1. The number of hydrogen-bond acceptors (Lipinski definition) is 3. The first-order valence-electron chi connectivity index (χ1n) is 7.58. The standard InChI is InChI=1S/C16H22N2O3/c1-21-15-6-2-5-12-13(15)7-8-14(12)17-16(20)18-9-3-4-11(19)10-18/h2,5-6,11,14,19H,3-4,7-10H2,1H3,(H,17,20). The molecule has 1 aliphatic carbocycles. The Bertz CT molecular complexity index is 532. The maximum absolute atomic E-state index is 12.3. The van der Waals surface area contributed by atoms with Crippen molar-refractivity contribution in [2.75, 3.05) is 20.2 Å². The summed E-state index contributed by atoms with van der Waals surface area (Å²) in [5.41, 5.74) is 2.35. The summed E-state index contributed by atoms with van der Waals surface area (Å²) in [6.07, 6.45) is 3.09. The highest BCUT2D eigenvalue weighted by Gasteiger charge is 2.29. The van der Waals surface area contributed by atoms with Gasteiger partial charge in [-0.05, 0) is 42.9 Å². The second-order valence-corrected chi connectivity index (χ2v) is 5.81. The quantitative estimate of drug-likeness (QED) is 0.874. The number of aliphatic hydroxyl groups excluding tert-OH is 1. The van der Waals surface area contributed by atoms with Gasteiger partial charge in [-0.25, -0.2) is 4.79 Å². The van der Waals surface area contributed by atoms with Gasteiger partial charge in [-0.15, -0.1) is 0 Å². The van der Waals surface area contributed by atoms with Crippen molar-refractivity contribution < 1.29 is 14.6 Å². The van der Waals surface area contributed by atoms with E-state index in [-0.39, 0.29) is 18.2 Å². The summed E-state index contributed by atoms with van der Waals surface area (Å²) in [5, 5.41) is 12.8. The SMILES string of the molecule is COc1cccc2c1CCC2NC(=O)N1CCCC(O)C1. The van der Waals surface area contributed by atoms with Crippen molar-refractivity contribution in [1.29, 1.82) is 0 Å². The summed E-state index contributed by atoms with van der Waals surface area (Å²) in [7, 11) is 1.68. The average molecular weight is 290 g/mol. The molecule has 1 aromatic rings. The number of amides is 2. The molecule has 1 saturated heterocycles. The van der Waals surface area contributed by atoms with Gasteiger partial charge in [-0.3, -0.25) is 0 Å². The van der Waals surface area contributed by atoms with Crippen molar-refractivity contribution in [2.24, 2.45) is 0 Å². The molecule has 2 atom stereocenters. The van der Waals surface area contributed by atoms with Crippen LogP contribution in [0.3, 0.4) is 0 Å². The van der Waals surface area contributed by atoms with Crippen molar-refractivity contribution in [3.05, 3.63) is 29.3 Å². The van der Waals surface area contributed by atoms with Crippen molar-refractivity contribution in [3.8, 4) is 5.75 Å². The predicted molar refractivity (Wildman–Crippen MR) is 79.4 cm³/mol. The average Bonchev–Trinajstić information content (AvgIpc) is 2.90. The number of aliphatic hydroxyl groups is 1. The summed E-state index contributed by atoms with van der Waals surface area (Å²) in [4.78, 5) is 14.1. The minimum Gasteiger partial charge on any atom is -0.496 e. The van der Waals surface area contributed by atoms with Crippen LogP contribution in [-0.4, -0.2) is 42.3 Å². The molecule has 1 aromatic carbocycles. The molecule has 5 nitrogen and oxygen atoms in total. The Morgan fingerprint density at radius 2 is 2.29 bits per heavy atom. The Morgan fingerprint density at radius 1 is 1.43 bits per heavy atom. The van der Waals surface area contributed by atoms with Crippen LogP contribution in [-0.2, 0) is 6.42 Å². The van der Waals surface area contributed by atoms with Crippen molar-refractivity contribution >= 4 is 6.03 Å². The van der Waals surface area contributed by atoms with E-state index >= 15 is 0 Å². The van der Waals surface area contributed by atoms with Gasteiger partial charge < -0.3 is 20.1 Å². The van der Waals surface area contributed by atoms with E-state index in [9.17, 15) is 9.90 Å². The number of piperidine rings is 1. The molecule has 2 unspecified atom stereocenters. The number of carbonyl (C=O) groups is 1. The number of carbonyl (C=O) groups excluding carboxylic acids is 1. The van der Waals surface area contributed by atoms with E-state index in [2.05, 4.69) is 11.4 Å². The van der Waals surface area contributed by atoms with Crippen LogP contribution in [0.2, 0.25) is 0 Å². The van der Waals surface area contributed by atoms with Crippen LogP contribution in [0.25, 0.3) is 0 Å². The zero-order chi connectivity index (χ0) is 14.8. The Labute approximate surface area is 124 Å².